The summed E-state index contributed by atoms with van der Waals surface area (Å²) in [6.45, 7) is 0. The van der Waals surface area contributed by atoms with Gasteiger partial charge in [0.05, 0.1) is 30.8 Å². The van der Waals surface area contributed by atoms with E-state index >= 15 is 0 Å². The van der Waals surface area contributed by atoms with Gasteiger partial charge < -0.3 is 19.8 Å². The molecule has 2 aliphatic rings. The summed E-state index contributed by atoms with van der Waals surface area (Å²) < 4.78 is 10.9. The highest BCUT2D eigenvalue weighted by Gasteiger charge is 2.41. The van der Waals surface area contributed by atoms with Crippen LogP contribution in [0.25, 0.3) is 0 Å². The molecule has 0 fully saturated rings. The van der Waals surface area contributed by atoms with Gasteiger partial charge in [0.1, 0.15) is 11.5 Å². The molecular formula is C26H25N3O4. The van der Waals surface area contributed by atoms with E-state index in [9.17, 15) is 9.59 Å². The maximum absolute atomic E-state index is 13.7. The van der Waals surface area contributed by atoms with Crippen LogP contribution in [-0.2, 0) is 4.79 Å². The minimum absolute atomic E-state index is 0.00678. The second kappa shape index (κ2) is 8.50. The normalized spacial score (nSPS) is 19.8. The van der Waals surface area contributed by atoms with E-state index in [-0.39, 0.29) is 17.7 Å². The first-order valence-corrected chi connectivity index (χ1v) is 10.9. The van der Waals surface area contributed by atoms with Crippen LogP contribution >= 0.6 is 0 Å². The van der Waals surface area contributed by atoms with Crippen molar-refractivity contribution in [3.05, 3.63) is 89.5 Å². The lowest BCUT2D eigenvalue weighted by Gasteiger charge is -2.34. The van der Waals surface area contributed by atoms with E-state index in [4.69, 9.17) is 9.15 Å². The Hall–Kier alpha value is -4.00. The predicted octanol–water partition coefficient (Wildman–Crippen LogP) is 5.00. The SMILES string of the molecule is CNC(=O)N1c2ccccc2NC2=C(C(=O)C[C@@H](c3ccco3)C2)[C@@H]1c1ccc(OC)cc1. The fraction of sp³-hybridized carbons (Fsp3) is 0.231. The molecule has 0 spiro atoms. The number of ketones is 1. The number of hydrogen-bond acceptors (Lipinski definition) is 5. The summed E-state index contributed by atoms with van der Waals surface area (Å²) in [5.74, 6) is 1.43. The Bertz CT molecular complexity index is 1210. The summed E-state index contributed by atoms with van der Waals surface area (Å²) in [7, 11) is 3.21. The van der Waals surface area contributed by atoms with E-state index in [1.807, 2.05) is 60.7 Å². The minimum atomic E-state index is -0.591. The van der Waals surface area contributed by atoms with Crippen molar-refractivity contribution in [1.82, 2.24) is 5.32 Å². The van der Waals surface area contributed by atoms with E-state index in [0.29, 0.717) is 29.9 Å². The zero-order valence-corrected chi connectivity index (χ0v) is 18.5. The molecule has 2 heterocycles. The number of methoxy groups -OCH3 is 1. The molecule has 2 aromatic carbocycles. The van der Waals surface area contributed by atoms with Gasteiger partial charge in [-0.3, -0.25) is 9.69 Å². The number of nitrogens with zero attached hydrogens (tertiary/aromatic N) is 1. The van der Waals surface area contributed by atoms with Gasteiger partial charge in [-0.2, -0.15) is 0 Å². The Balaban J connectivity index is 1.71. The van der Waals surface area contributed by atoms with E-state index in [0.717, 1.165) is 22.7 Å². The standard InChI is InChI=1S/C26H25N3O4/c1-27-26(31)29-21-7-4-3-6-19(21)28-20-14-17(23-8-5-13-33-23)15-22(30)24(20)25(29)16-9-11-18(32-2)12-10-16/h3-13,17,25,28H,14-15H2,1-2H3,(H,27,31)/t17-,25-/m0/s1. The number of carbonyl (C=O) groups is 2. The fourth-order valence-corrected chi connectivity index (χ4v) is 4.76. The van der Waals surface area contributed by atoms with E-state index in [2.05, 4.69) is 10.6 Å². The number of furan rings is 1. The lowest BCUT2D eigenvalue weighted by molar-refractivity contribution is -0.116. The number of rotatable bonds is 3. The monoisotopic (exact) mass is 443 g/mol. The Labute approximate surface area is 192 Å². The van der Waals surface area contributed by atoms with Gasteiger partial charge in [-0.05, 0) is 48.4 Å². The summed E-state index contributed by atoms with van der Waals surface area (Å²) in [5, 5.41) is 6.24. The third-order valence-corrected chi connectivity index (χ3v) is 6.30. The number of anilines is 2. The van der Waals surface area contributed by atoms with Crippen LogP contribution in [0, 0.1) is 0 Å². The molecule has 7 nitrogen and oxygen atoms in total. The smallest absolute Gasteiger partial charge is 0.322 e. The average Bonchev–Trinajstić information content (AvgIpc) is 3.34. The van der Waals surface area contributed by atoms with E-state index in [1.54, 1.807) is 25.3 Å². The molecule has 0 radical (unpaired) electrons. The zero-order chi connectivity index (χ0) is 22.9. The second-order valence-electron chi connectivity index (χ2n) is 8.18. The number of Topliss-reactive ketones (excluding diaryl/α,β-unsaturated/α-hetero) is 1. The van der Waals surface area contributed by atoms with Crippen molar-refractivity contribution in [3.8, 4) is 5.75 Å². The molecule has 2 N–H and O–H groups in total. The number of fused-ring (bicyclic) bond motifs is 1. The number of hydrogen-bond donors (Lipinski definition) is 2. The van der Waals surface area contributed by atoms with Gasteiger partial charge in [0.15, 0.2) is 5.78 Å². The molecule has 0 saturated carbocycles. The number of para-hydroxylation sites is 2. The van der Waals surface area contributed by atoms with Gasteiger partial charge in [-0.1, -0.05) is 24.3 Å². The minimum Gasteiger partial charge on any atom is -0.497 e. The van der Waals surface area contributed by atoms with Crippen LogP contribution in [0.15, 0.2) is 82.6 Å². The highest BCUT2D eigenvalue weighted by molar-refractivity contribution is 6.06. The molecule has 7 heteroatoms. The molecule has 0 bridgehead atoms. The maximum Gasteiger partial charge on any atom is 0.322 e. The number of amides is 2. The molecule has 33 heavy (non-hydrogen) atoms. The summed E-state index contributed by atoms with van der Waals surface area (Å²) in [6.07, 6.45) is 2.56. The molecule has 168 valence electrons. The molecule has 1 aromatic heterocycles. The van der Waals surface area contributed by atoms with Crippen molar-refractivity contribution in [1.29, 1.82) is 0 Å². The van der Waals surface area contributed by atoms with Crippen molar-refractivity contribution in [2.45, 2.75) is 24.8 Å². The number of nitrogens with one attached hydrogen (secondary N) is 2. The van der Waals surface area contributed by atoms with Gasteiger partial charge in [0, 0.05) is 30.7 Å². The molecule has 3 aromatic rings. The number of urea groups is 1. The Kier molecular flexibility index (Phi) is 5.38. The van der Waals surface area contributed by atoms with Gasteiger partial charge >= 0.3 is 6.03 Å². The van der Waals surface area contributed by atoms with Crippen LogP contribution in [0.5, 0.6) is 5.75 Å². The van der Waals surface area contributed by atoms with Crippen molar-refractivity contribution >= 4 is 23.2 Å². The van der Waals surface area contributed by atoms with Crippen molar-refractivity contribution in [2.24, 2.45) is 0 Å². The summed E-state index contributed by atoms with van der Waals surface area (Å²) in [6, 6.07) is 18.0. The Morgan fingerprint density at radius 1 is 1.09 bits per heavy atom. The molecule has 1 aliphatic carbocycles. The molecule has 0 unspecified atom stereocenters. The molecule has 2 atom stereocenters. The average molecular weight is 444 g/mol. The first-order valence-electron chi connectivity index (χ1n) is 10.9. The third kappa shape index (κ3) is 3.65. The van der Waals surface area contributed by atoms with Crippen molar-refractivity contribution in [3.63, 3.8) is 0 Å². The Morgan fingerprint density at radius 3 is 2.58 bits per heavy atom. The van der Waals surface area contributed by atoms with Crippen LogP contribution in [0.3, 0.4) is 0 Å². The lowest BCUT2D eigenvalue weighted by Crippen LogP contribution is -2.43. The third-order valence-electron chi connectivity index (χ3n) is 6.30. The second-order valence-corrected chi connectivity index (χ2v) is 8.18. The number of ether oxygens (including phenoxy) is 1. The molecule has 5 rings (SSSR count). The van der Waals surface area contributed by atoms with E-state index in [1.165, 1.54) is 0 Å². The van der Waals surface area contributed by atoms with Crippen LogP contribution in [-0.4, -0.2) is 26.0 Å². The maximum atomic E-state index is 13.7. The number of carbonyl (C=O) groups excluding carboxylic acids is 2. The van der Waals surface area contributed by atoms with Gasteiger partial charge in [0.25, 0.3) is 0 Å². The highest BCUT2D eigenvalue weighted by atomic mass is 16.5. The van der Waals surface area contributed by atoms with Crippen LogP contribution < -0.4 is 20.3 Å². The molecule has 0 saturated heterocycles. The number of benzene rings is 2. The van der Waals surface area contributed by atoms with E-state index < -0.39 is 6.04 Å². The molecule has 1 aliphatic heterocycles. The lowest BCUT2D eigenvalue weighted by atomic mass is 9.80. The van der Waals surface area contributed by atoms with Crippen LogP contribution in [0.4, 0.5) is 16.2 Å². The topological polar surface area (TPSA) is 83.8 Å². The largest absolute Gasteiger partial charge is 0.497 e. The van der Waals surface area contributed by atoms with Gasteiger partial charge in [0.2, 0.25) is 0 Å². The molecule has 2 amide bonds. The fourth-order valence-electron chi connectivity index (χ4n) is 4.76. The first kappa shape index (κ1) is 20.9. The van der Waals surface area contributed by atoms with Crippen molar-refractivity contribution in [2.75, 3.05) is 24.4 Å². The van der Waals surface area contributed by atoms with Crippen LogP contribution in [0.2, 0.25) is 0 Å². The van der Waals surface area contributed by atoms with Crippen molar-refractivity contribution < 1.29 is 18.7 Å². The Morgan fingerprint density at radius 2 is 1.88 bits per heavy atom. The van der Waals surface area contributed by atoms with Crippen LogP contribution in [0.1, 0.15) is 36.1 Å². The zero-order valence-electron chi connectivity index (χ0n) is 18.5. The number of allylic oxidation sites excluding steroid dienone is 1. The predicted molar refractivity (Wildman–Crippen MR) is 125 cm³/mol. The first-order chi connectivity index (χ1) is 16.1. The van der Waals surface area contributed by atoms with Gasteiger partial charge in [-0.15, -0.1) is 0 Å². The summed E-state index contributed by atoms with van der Waals surface area (Å²) in [4.78, 5) is 28.6. The quantitative estimate of drug-likeness (QED) is 0.595. The highest BCUT2D eigenvalue weighted by Crippen LogP contribution is 2.47. The summed E-state index contributed by atoms with van der Waals surface area (Å²) in [5.41, 5.74) is 3.72. The summed E-state index contributed by atoms with van der Waals surface area (Å²) >= 11 is 0. The van der Waals surface area contributed by atoms with Gasteiger partial charge in [-0.25, -0.2) is 4.79 Å². The molecular weight excluding hydrogens is 418 g/mol.